The Bertz CT molecular complexity index is 336. The Morgan fingerprint density at radius 1 is 1.18 bits per heavy atom. The van der Waals surface area contributed by atoms with E-state index in [9.17, 15) is 29.7 Å². The fraction of sp³-hybridized carbons (Fsp3) is 1.00. The molecule has 0 amide bonds. The topological polar surface area (TPSA) is 127 Å². The van der Waals surface area contributed by atoms with Gasteiger partial charge in [-0.05, 0) is 19.3 Å². The standard InChI is InChI=1S/C9H17O7P/c10-5-4-16-6(8(12)7(5)11)3-9(1-2-9)17(13,14)15/h5-8,10-12H,1-4H2,(H2,13,14,15)/t5-,6-,7-,8-/m1/s1. The van der Waals surface area contributed by atoms with E-state index in [1.807, 2.05) is 0 Å². The molecule has 0 unspecified atom stereocenters. The molecule has 7 nitrogen and oxygen atoms in total. The molecular weight excluding hydrogens is 251 g/mol. The van der Waals surface area contributed by atoms with Crippen LogP contribution in [-0.4, -0.2) is 61.3 Å². The molecule has 100 valence electrons. The lowest BCUT2D eigenvalue weighted by molar-refractivity contribution is -0.188. The summed E-state index contributed by atoms with van der Waals surface area (Å²) in [6, 6.07) is 0. The van der Waals surface area contributed by atoms with Crippen LogP contribution in [0.4, 0.5) is 0 Å². The monoisotopic (exact) mass is 268 g/mol. The van der Waals surface area contributed by atoms with Crippen molar-refractivity contribution in [3.05, 3.63) is 0 Å². The van der Waals surface area contributed by atoms with E-state index in [0.717, 1.165) is 0 Å². The molecule has 4 atom stereocenters. The fourth-order valence-corrected chi connectivity index (χ4v) is 3.29. The SMILES string of the molecule is O=P(O)(O)C1(C[C@H]2OC[C@@H](O)[C@@H](O)[C@@H]2O)CC1. The number of hydrogen-bond donors (Lipinski definition) is 5. The van der Waals surface area contributed by atoms with Crippen LogP contribution < -0.4 is 0 Å². The molecule has 1 saturated carbocycles. The van der Waals surface area contributed by atoms with E-state index in [1.54, 1.807) is 0 Å². The fourth-order valence-electron chi connectivity index (χ4n) is 2.18. The summed E-state index contributed by atoms with van der Waals surface area (Å²) in [5.41, 5.74) is 0. The molecule has 0 bridgehead atoms. The summed E-state index contributed by atoms with van der Waals surface area (Å²) in [4.78, 5) is 18.4. The van der Waals surface area contributed by atoms with Gasteiger partial charge in [0.1, 0.15) is 18.3 Å². The molecule has 2 rings (SSSR count). The molecule has 2 fully saturated rings. The summed E-state index contributed by atoms with van der Waals surface area (Å²) >= 11 is 0. The van der Waals surface area contributed by atoms with Crippen LogP contribution in [0, 0.1) is 0 Å². The summed E-state index contributed by atoms with van der Waals surface area (Å²) in [5, 5.41) is 27.3. The van der Waals surface area contributed by atoms with Gasteiger partial charge >= 0.3 is 7.60 Å². The second kappa shape index (κ2) is 4.28. The molecule has 0 spiro atoms. The molecule has 1 aliphatic carbocycles. The van der Waals surface area contributed by atoms with Gasteiger partial charge in [-0.15, -0.1) is 0 Å². The van der Waals surface area contributed by atoms with Gasteiger partial charge in [-0.1, -0.05) is 0 Å². The average Bonchev–Trinajstić information content (AvgIpc) is 2.99. The van der Waals surface area contributed by atoms with Gasteiger partial charge in [0.15, 0.2) is 0 Å². The van der Waals surface area contributed by atoms with Crippen LogP contribution in [0.25, 0.3) is 0 Å². The molecule has 1 aliphatic heterocycles. The zero-order valence-corrected chi connectivity index (χ0v) is 10.0. The number of aliphatic hydroxyl groups excluding tert-OH is 3. The van der Waals surface area contributed by atoms with Gasteiger partial charge in [0.2, 0.25) is 0 Å². The quantitative estimate of drug-likeness (QED) is 0.397. The highest BCUT2D eigenvalue weighted by Gasteiger charge is 2.59. The van der Waals surface area contributed by atoms with Crippen LogP contribution in [0.2, 0.25) is 0 Å². The van der Waals surface area contributed by atoms with Crippen molar-refractivity contribution in [2.45, 2.75) is 48.8 Å². The minimum absolute atomic E-state index is 0.00221. The predicted molar refractivity (Wildman–Crippen MR) is 56.4 cm³/mol. The van der Waals surface area contributed by atoms with E-state index in [4.69, 9.17) is 4.74 Å². The van der Waals surface area contributed by atoms with E-state index >= 15 is 0 Å². The highest BCUT2D eigenvalue weighted by atomic mass is 31.2. The molecule has 0 radical (unpaired) electrons. The Kier molecular flexibility index (Phi) is 3.38. The highest BCUT2D eigenvalue weighted by molar-refractivity contribution is 7.54. The summed E-state index contributed by atoms with van der Waals surface area (Å²) in [6.07, 6.45) is -3.87. The smallest absolute Gasteiger partial charge is 0.331 e. The summed E-state index contributed by atoms with van der Waals surface area (Å²) in [7, 11) is -4.22. The third-order valence-corrected chi connectivity index (χ3v) is 5.50. The minimum atomic E-state index is -4.22. The van der Waals surface area contributed by atoms with Crippen LogP contribution in [-0.2, 0) is 9.30 Å². The van der Waals surface area contributed by atoms with E-state index in [0.29, 0.717) is 12.8 Å². The first-order valence-corrected chi connectivity index (χ1v) is 7.09. The molecule has 2 aliphatic rings. The Labute approximate surface area is 98.2 Å². The Morgan fingerprint density at radius 3 is 2.24 bits per heavy atom. The van der Waals surface area contributed by atoms with Crippen molar-refractivity contribution in [3.63, 3.8) is 0 Å². The second-order valence-corrected chi connectivity index (χ2v) is 6.93. The first-order chi connectivity index (χ1) is 7.77. The van der Waals surface area contributed by atoms with Crippen LogP contribution in [0.15, 0.2) is 0 Å². The van der Waals surface area contributed by atoms with Crippen molar-refractivity contribution in [1.82, 2.24) is 0 Å². The first kappa shape index (κ1) is 13.4. The highest BCUT2D eigenvalue weighted by Crippen LogP contribution is 2.67. The Balaban J connectivity index is 2.03. The molecule has 8 heteroatoms. The van der Waals surface area contributed by atoms with Gasteiger partial charge in [0.05, 0.1) is 17.9 Å². The lowest BCUT2D eigenvalue weighted by Gasteiger charge is -2.37. The molecule has 17 heavy (non-hydrogen) atoms. The van der Waals surface area contributed by atoms with Crippen LogP contribution >= 0.6 is 7.60 Å². The van der Waals surface area contributed by atoms with Crippen molar-refractivity contribution < 1.29 is 34.4 Å². The van der Waals surface area contributed by atoms with Crippen molar-refractivity contribution in [2.75, 3.05) is 6.61 Å². The third-order valence-electron chi connectivity index (χ3n) is 3.63. The van der Waals surface area contributed by atoms with E-state index < -0.39 is 37.2 Å². The maximum Gasteiger partial charge on any atom is 0.331 e. The van der Waals surface area contributed by atoms with Crippen molar-refractivity contribution >= 4 is 7.60 Å². The van der Waals surface area contributed by atoms with Crippen molar-refractivity contribution in [3.8, 4) is 0 Å². The largest absolute Gasteiger partial charge is 0.388 e. The summed E-state index contributed by atoms with van der Waals surface area (Å²) in [6.45, 7) is -0.139. The van der Waals surface area contributed by atoms with Gasteiger partial charge < -0.3 is 29.8 Å². The van der Waals surface area contributed by atoms with E-state index in [2.05, 4.69) is 0 Å². The average molecular weight is 268 g/mol. The number of ether oxygens (including phenoxy) is 1. The zero-order valence-electron chi connectivity index (χ0n) is 9.14. The first-order valence-electron chi connectivity index (χ1n) is 5.48. The van der Waals surface area contributed by atoms with Crippen LogP contribution in [0.5, 0.6) is 0 Å². The van der Waals surface area contributed by atoms with Gasteiger partial charge in [0, 0.05) is 0 Å². The van der Waals surface area contributed by atoms with Gasteiger partial charge in [0.25, 0.3) is 0 Å². The van der Waals surface area contributed by atoms with E-state index in [1.165, 1.54) is 0 Å². The maximum absolute atomic E-state index is 11.3. The Hall–Kier alpha value is -0.0100. The molecule has 1 heterocycles. The normalized spacial score (nSPS) is 41.2. The number of rotatable bonds is 3. The maximum atomic E-state index is 11.3. The number of hydrogen-bond acceptors (Lipinski definition) is 5. The molecule has 1 saturated heterocycles. The van der Waals surface area contributed by atoms with Crippen molar-refractivity contribution in [2.24, 2.45) is 0 Å². The lowest BCUT2D eigenvalue weighted by atomic mass is 9.96. The molecule has 0 aromatic carbocycles. The second-order valence-electron chi connectivity index (χ2n) is 4.89. The van der Waals surface area contributed by atoms with Crippen LogP contribution in [0.3, 0.4) is 0 Å². The minimum Gasteiger partial charge on any atom is -0.388 e. The van der Waals surface area contributed by atoms with E-state index in [-0.39, 0.29) is 13.0 Å². The number of aliphatic hydroxyl groups is 3. The molecular formula is C9H17O7P. The van der Waals surface area contributed by atoms with Gasteiger partial charge in [-0.25, -0.2) is 0 Å². The summed E-state index contributed by atoms with van der Waals surface area (Å²) in [5.74, 6) is 0. The third kappa shape index (κ3) is 2.42. The predicted octanol–water partition coefficient (Wildman–Crippen LogP) is -1.43. The lowest BCUT2D eigenvalue weighted by Crippen LogP contribution is -2.53. The Morgan fingerprint density at radius 2 is 1.76 bits per heavy atom. The molecule has 0 aromatic heterocycles. The van der Waals surface area contributed by atoms with Gasteiger partial charge in [-0.2, -0.15) is 0 Å². The summed E-state index contributed by atoms with van der Waals surface area (Å²) < 4.78 is 16.4. The van der Waals surface area contributed by atoms with Crippen molar-refractivity contribution in [1.29, 1.82) is 0 Å². The van der Waals surface area contributed by atoms with Gasteiger partial charge in [-0.3, -0.25) is 4.57 Å². The molecule has 5 N–H and O–H groups in total. The van der Waals surface area contributed by atoms with Crippen LogP contribution in [0.1, 0.15) is 19.3 Å². The molecule has 0 aromatic rings. The zero-order chi connectivity index (χ0) is 12.8.